The molecule has 4 aromatic rings. The molecule has 0 atom stereocenters. The number of rotatable bonds is 2. The van der Waals surface area contributed by atoms with E-state index in [0.717, 1.165) is 70.2 Å². The van der Waals surface area contributed by atoms with Crippen LogP contribution in [-0.2, 0) is 0 Å². The van der Waals surface area contributed by atoms with Crippen molar-refractivity contribution in [3.8, 4) is 22.6 Å². The van der Waals surface area contributed by atoms with Gasteiger partial charge in [-0.05, 0) is 71.2 Å². The summed E-state index contributed by atoms with van der Waals surface area (Å²) in [6.07, 6.45) is 10.6. The molecular formula is C33H33FO2. The van der Waals surface area contributed by atoms with E-state index in [1.54, 1.807) is 0 Å². The van der Waals surface area contributed by atoms with Crippen LogP contribution in [0.25, 0.3) is 32.7 Å². The number of benzene rings is 4. The molecule has 0 radical (unpaired) electrons. The van der Waals surface area contributed by atoms with E-state index in [1.165, 1.54) is 32.1 Å². The Balaban J connectivity index is 1.31. The molecule has 3 aliphatic rings. The molecule has 7 rings (SSSR count). The molecule has 0 spiro atoms. The predicted octanol–water partition coefficient (Wildman–Crippen LogP) is 9.44. The van der Waals surface area contributed by atoms with E-state index >= 15 is 4.39 Å². The van der Waals surface area contributed by atoms with E-state index in [9.17, 15) is 0 Å². The van der Waals surface area contributed by atoms with Gasteiger partial charge in [-0.1, -0.05) is 92.8 Å². The summed E-state index contributed by atoms with van der Waals surface area (Å²) in [5, 5.41) is 4.33. The second-order valence-corrected chi connectivity index (χ2v) is 11.1. The highest BCUT2D eigenvalue weighted by Crippen LogP contribution is 2.52. The van der Waals surface area contributed by atoms with Gasteiger partial charge in [0, 0.05) is 11.1 Å². The Morgan fingerprint density at radius 1 is 0.556 bits per heavy atom. The summed E-state index contributed by atoms with van der Waals surface area (Å²) in [4.78, 5) is 0. The normalized spacial score (nSPS) is 23.8. The van der Waals surface area contributed by atoms with Crippen molar-refractivity contribution in [3.05, 3.63) is 72.8 Å². The lowest BCUT2D eigenvalue weighted by molar-refractivity contribution is -0.257. The Morgan fingerprint density at radius 2 is 1.06 bits per heavy atom. The Kier molecular flexibility index (Phi) is 5.41. The fourth-order valence-electron chi connectivity index (χ4n) is 7.22. The van der Waals surface area contributed by atoms with Crippen LogP contribution in [0.3, 0.4) is 0 Å². The van der Waals surface area contributed by atoms with Gasteiger partial charge in [0.2, 0.25) is 0 Å². The molecule has 2 fully saturated rings. The number of alkyl halides is 1. The molecule has 2 saturated carbocycles. The first-order valence-electron chi connectivity index (χ1n) is 13.8. The zero-order chi connectivity index (χ0) is 24.1. The Labute approximate surface area is 212 Å². The molecule has 36 heavy (non-hydrogen) atoms. The Bertz CT molecular complexity index is 1320. The fraction of sp³-hybridized carbons (Fsp3) is 0.394. The van der Waals surface area contributed by atoms with Crippen LogP contribution in [0.15, 0.2) is 72.8 Å². The molecule has 0 bridgehead atoms. The average molecular weight is 481 g/mol. The molecule has 184 valence electrons. The number of fused-ring (bicyclic) bond motifs is 7. The molecule has 0 saturated heterocycles. The third-order valence-electron chi connectivity index (χ3n) is 9.11. The zero-order valence-corrected chi connectivity index (χ0v) is 20.7. The highest BCUT2D eigenvalue weighted by atomic mass is 19.2. The van der Waals surface area contributed by atoms with Crippen LogP contribution in [0.2, 0.25) is 0 Å². The second kappa shape index (κ2) is 8.80. The first-order chi connectivity index (χ1) is 17.7. The summed E-state index contributed by atoms with van der Waals surface area (Å²) >= 11 is 0. The van der Waals surface area contributed by atoms with Crippen LogP contribution in [0.1, 0.15) is 57.8 Å². The van der Waals surface area contributed by atoms with Crippen LogP contribution in [-0.4, -0.2) is 6.04 Å². The quantitative estimate of drug-likeness (QED) is 0.284. The maximum Gasteiger partial charge on any atom is 0.410 e. The summed E-state index contributed by atoms with van der Waals surface area (Å²) in [5.74, 6) is 2.41. The van der Waals surface area contributed by atoms with Crippen molar-refractivity contribution in [1.82, 2.24) is 0 Å². The molecule has 3 heteroatoms. The minimum Gasteiger partial charge on any atom is -0.426 e. The summed E-state index contributed by atoms with van der Waals surface area (Å²) < 4.78 is 29.6. The van der Waals surface area contributed by atoms with Gasteiger partial charge in [0.15, 0.2) is 0 Å². The van der Waals surface area contributed by atoms with Crippen molar-refractivity contribution >= 4 is 21.5 Å². The van der Waals surface area contributed by atoms with E-state index in [2.05, 4.69) is 24.3 Å². The van der Waals surface area contributed by atoms with Crippen molar-refractivity contribution in [1.29, 1.82) is 0 Å². The first kappa shape index (κ1) is 22.2. The van der Waals surface area contributed by atoms with E-state index in [4.69, 9.17) is 9.47 Å². The summed E-state index contributed by atoms with van der Waals surface area (Å²) in [7, 11) is 0. The van der Waals surface area contributed by atoms with Crippen molar-refractivity contribution < 1.29 is 13.9 Å². The Hall–Kier alpha value is -3.07. The van der Waals surface area contributed by atoms with Gasteiger partial charge < -0.3 is 9.47 Å². The molecule has 0 N–H and O–H groups in total. The molecule has 2 aliphatic carbocycles. The van der Waals surface area contributed by atoms with Crippen molar-refractivity contribution in [3.63, 3.8) is 0 Å². The van der Waals surface area contributed by atoms with Crippen molar-refractivity contribution in [2.75, 3.05) is 0 Å². The highest BCUT2D eigenvalue weighted by molar-refractivity contribution is 6.09. The van der Waals surface area contributed by atoms with Gasteiger partial charge in [-0.25, -0.2) is 0 Å². The lowest BCUT2D eigenvalue weighted by atomic mass is 9.70. The standard InChI is InChI=1S/C33H33FO2/c34-33(26-18-14-23(15-19-26)22-8-2-1-3-9-22)35-29-20-16-24-10-4-6-12-27(24)31(29)32-28-13-7-5-11-25(28)17-21-30(32)36-33/h4-7,10-13,16-17,20-23,26H,1-3,8-9,14-15,18-19H2. The van der Waals surface area contributed by atoms with Crippen LogP contribution < -0.4 is 9.47 Å². The largest absolute Gasteiger partial charge is 0.426 e. The maximum absolute atomic E-state index is 17.0. The van der Waals surface area contributed by atoms with Gasteiger partial charge in [-0.3, -0.25) is 0 Å². The summed E-state index contributed by atoms with van der Waals surface area (Å²) in [6.45, 7) is 0. The smallest absolute Gasteiger partial charge is 0.410 e. The lowest BCUT2D eigenvalue weighted by Crippen LogP contribution is -2.46. The highest BCUT2D eigenvalue weighted by Gasteiger charge is 2.49. The van der Waals surface area contributed by atoms with Gasteiger partial charge in [0.1, 0.15) is 11.5 Å². The van der Waals surface area contributed by atoms with Crippen LogP contribution in [0.4, 0.5) is 4.39 Å². The number of hydrogen-bond acceptors (Lipinski definition) is 2. The molecule has 1 aliphatic heterocycles. The number of hydrogen-bond donors (Lipinski definition) is 0. The summed E-state index contributed by atoms with van der Waals surface area (Å²) in [6, 6.07) is 22.3. The zero-order valence-electron chi connectivity index (χ0n) is 20.7. The van der Waals surface area contributed by atoms with E-state index in [-0.39, 0.29) is 5.92 Å². The van der Waals surface area contributed by atoms with Gasteiger partial charge in [0.05, 0.1) is 5.92 Å². The SMILES string of the molecule is FC1(C2CCC(C3CCCCC3)CC2)Oc2ccc3ccccc3c2-c2c(ccc3ccccc23)O1. The van der Waals surface area contributed by atoms with Crippen molar-refractivity contribution in [2.45, 2.75) is 63.8 Å². The molecule has 0 unspecified atom stereocenters. The molecule has 2 nitrogen and oxygen atoms in total. The minimum atomic E-state index is -2.18. The van der Waals surface area contributed by atoms with Gasteiger partial charge in [-0.15, -0.1) is 0 Å². The molecule has 0 amide bonds. The Morgan fingerprint density at radius 3 is 1.61 bits per heavy atom. The molecule has 1 heterocycles. The van der Waals surface area contributed by atoms with Gasteiger partial charge in [0.25, 0.3) is 0 Å². The van der Waals surface area contributed by atoms with Crippen LogP contribution >= 0.6 is 0 Å². The first-order valence-corrected chi connectivity index (χ1v) is 13.8. The summed E-state index contributed by atoms with van der Waals surface area (Å²) in [5.41, 5.74) is 1.85. The third-order valence-corrected chi connectivity index (χ3v) is 9.11. The van der Waals surface area contributed by atoms with E-state index < -0.39 is 6.04 Å². The molecule has 0 aromatic heterocycles. The van der Waals surface area contributed by atoms with Crippen LogP contribution in [0.5, 0.6) is 11.5 Å². The predicted molar refractivity (Wildman–Crippen MR) is 144 cm³/mol. The maximum atomic E-state index is 17.0. The van der Waals surface area contributed by atoms with E-state index in [1.807, 2.05) is 48.5 Å². The van der Waals surface area contributed by atoms with Crippen LogP contribution in [0, 0.1) is 17.8 Å². The minimum absolute atomic E-state index is 0.283. The molecular weight excluding hydrogens is 447 g/mol. The number of halogens is 1. The topological polar surface area (TPSA) is 18.5 Å². The van der Waals surface area contributed by atoms with Gasteiger partial charge in [-0.2, -0.15) is 4.39 Å². The fourth-order valence-corrected chi connectivity index (χ4v) is 7.22. The average Bonchev–Trinajstić information content (AvgIpc) is 3.08. The molecule has 4 aromatic carbocycles. The second-order valence-electron chi connectivity index (χ2n) is 11.1. The number of ether oxygens (including phenoxy) is 2. The van der Waals surface area contributed by atoms with Gasteiger partial charge >= 0.3 is 6.04 Å². The third kappa shape index (κ3) is 3.67. The van der Waals surface area contributed by atoms with E-state index in [0.29, 0.717) is 11.5 Å². The lowest BCUT2D eigenvalue weighted by Gasteiger charge is -2.40. The van der Waals surface area contributed by atoms with Crippen molar-refractivity contribution in [2.24, 2.45) is 17.8 Å². The monoisotopic (exact) mass is 480 g/mol.